The molecule has 0 saturated heterocycles. The summed E-state index contributed by atoms with van der Waals surface area (Å²) in [7, 11) is 3.21. The van der Waals surface area contributed by atoms with Gasteiger partial charge in [0.2, 0.25) is 0 Å². The number of aryl methyl sites for hydroxylation is 1. The Morgan fingerprint density at radius 1 is 1.56 bits per heavy atom. The zero-order valence-electron chi connectivity index (χ0n) is 5.47. The summed E-state index contributed by atoms with van der Waals surface area (Å²) in [6.07, 6.45) is 0. The number of ether oxygens (including phenoxy) is 1. The molecule has 3 nitrogen and oxygen atoms in total. The van der Waals surface area contributed by atoms with Crippen LogP contribution in [0.4, 0.5) is 0 Å². The van der Waals surface area contributed by atoms with Gasteiger partial charge in [-0.2, -0.15) is 0 Å². The van der Waals surface area contributed by atoms with Crippen LogP contribution < -0.4 is 4.74 Å². The van der Waals surface area contributed by atoms with E-state index >= 15 is 0 Å². The van der Waals surface area contributed by atoms with E-state index in [4.69, 9.17) is 4.52 Å². The minimum atomic E-state index is 0.465. The Kier molecular flexibility index (Phi) is 1.42. The van der Waals surface area contributed by atoms with Gasteiger partial charge in [-0.1, -0.05) is 0 Å². The summed E-state index contributed by atoms with van der Waals surface area (Å²) in [5, 5.41) is 3.57. The van der Waals surface area contributed by atoms with Crippen molar-refractivity contribution in [1.29, 1.82) is 0 Å². The molecule has 0 aromatic carbocycles. The summed E-state index contributed by atoms with van der Waals surface area (Å²) in [6.45, 7) is 3.69. The van der Waals surface area contributed by atoms with E-state index in [2.05, 4.69) is 17.0 Å². The second-order valence-corrected chi connectivity index (χ2v) is 1.81. The number of nitrogens with zero attached hydrogens (tertiary/aromatic N) is 1. The molecule has 9 heavy (non-hydrogen) atoms. The molecule has 0 bridgehead atoms. The van der Waals surface area contributed by atoms with Crippen LogP contribution in [0.5, 0.6) is 5.88 Å². The molecule has 1 rings (SSSR count). The molecule has 0 N–H and O–H groups in total. The summed E-state index contributed by atoms with van der Waals surface area (Å²) < 4.78 is 9.38. The Labute approximate surface area is 53.6 Å². The molecule has 0 aliphatic rings. The van der Waals surface area contributed by atoms with Crippen molar-refractivity contribution in [2.45, 2.75) is 13.8 Å². The predicted octanol–water partition coefficient (Wildman–Crippen LogP) is 1.46. The molecule has 1 heterocycles. The van der Waals surface area contributed by atoms with E-state index in [0.717, 1.165) is 11.3 Å². The van der Waals surface area contributed by atoms with Gasteiger partial charge in [-0.05, 0) is 19.0 Å². The fourth-order valence-electron chi connectivity index (χ4n) is 0.532. The standard InChI is InChI=1S/C6H8NO2/c1-4-5(2)9-7-6(4)8-3/h3H2,1-2H3. The van der Waals surface area contributed by atoms with E-state index in [1.54, 1.807) is 0 Å². The zero-order valence-corrected chi connectivity index (χ0v) is 5.47. The van der Waals surface area contributed by atoms with Crippen LogP contribution in [0.1, 0.15) is 11.3 Å². The molecular weight excluding hydrogens is 118 g/mol. The van der Waals surface area contributed by atoms with Gasteiger partial charge in [-0.15, -0.1) is 0 Å². The summed E-state index contributed by atoms with van der Waals surface area (Å²) in [5.74, 6) is 1.24. The third-order valence-corrected chi connectivity index (χ3v) is 1.25. The predicted molar refractivity (Wildman–Crippen MR) is 32.0 cm³/mol. The minimum Gasteiger partial charge on any atom is -0.472 e. The van der Waals surface area contributed by atoms with E-state index in [-0.39, 0.29) is 0 Å². The number of hydrogen-bond acceptors (Lipinski definition) is 3. The van der Waals surface area contributed by atoms with Crippen LogP contribution in [0.3, 0.4) is 0 Å². The van der Waals surface area contributed by atoms with Gasteiger partial charge < -0.3 is 9.26 Å². The van der Waals surface area contributed by atoms with E-state index in [0.29, 0.717) is 5.88 Å². The van der Waals surface area contributed by atoms with E-state index in [1.165, 1.54) is 0 Å². The van der Waals surface area contributed by atoms with Gasteiger partial charge in [0, 0.05) is 0 Å². The molecular formula is C6H8NO2. The number of hydrogen-bond donors (Lipinski definition) is 0. The normalized spacial score (nSPS) is 9.67. The number of rotatable bonds is 1. The molecule has 0 saturated carbocycles. The Morgan fingerprint density at radius 3 is 2.44 bits per heavy atom. The smallest absolute Gasteiger partial charge is 0.257 e. The first-order valence-corrected chi connectivity index (χ1v) is 2.60. The summed E-state index contributed by atoms with van der Waals surface area (Å²) >= 11 is 0. The van der Waals surface area contributed by atoms with Crippen LogP contribution in [-0.4, -0.2) is 5.16 Å². The molecule has 1 aromatic heterocycles. The number of aromatic nitrogens is 1. The maximum absolute atomic E-state index is 4.77. The molecule has 49 valence electrons. The van der Waals surface area contributed by atoms with Crippen molar-refractivity contribution >= 4 is 0 Å². The highest BCUT2D eigenvalue weighted by atomic mass is 16.5. The van der Waals surface area contributed by atoms with Crippen LogP contribution in [0, 0.1) is 21.0 Å². The van der Waals surface area contributed by atoms with Gasteiger partial charge in [-0.3, -0.25) is 0 Å². The Bertz CT molecular complexity index is 205. The SMILES string of the molecule is [CH2]Oc1noc(C)c1C. The molecule has 0 atom stereocenters. The average molecular weight is 126 g/mol. The van der Waals surface area contributed by atoms with Crippen LogP contribution in [-0.2, 0) is 0 Å². The Balaban J connectivity index is 3.04. The van der Waals surface area contributed by atoms with Gasteiger partial charge in [0.1, 0.15) is 12.9 Å². The monoisotopic (exact) mass is 126 g/mol. The highest BCUT2D eigenvalue weighted by molar-refractivity contribution is 5.25. The lowest BCUT2D eigenvalue weighted by Gasteiger charge is -1.89. The van der Waals surface area contributed by atoms with E-state index in [9.17, 15) is 0 Å². The molecule has 3 heteroatoms. The second-order valence-electron chi connectivity index (χ2n) is 1.81. The maximum atomic E-state index is 4.77. The minimum absolute atomic E-state index is 0.465. The molecule has 0 amide bonds. The van der Waals surface area contributed by atoms with Crippen molar-refractivity contribution in [2.24, 2.45) is 0 Å². The fourth-order valence-corrected chi connectivity index (χ4v) is 0.532. The van der Waals surface area contributed by atoms with Crippen LogP contribution in [0.2, 0.25) is 0 Å². The lowest BCUT2D eigenvalue weighted by atomic mass is 10.3. The van der Waals surface area contributed by atoms with Crippen LogP contribution in [0.25, 0.3) is 0 Å². The van der Waals surface area contributed by atoms with E-state index < -0.39 is 0 Å². The average Bonchev–Trinajstić information content (AvgIpc) is 2.15. The first kappa shape index (κ1) is 6.13. The van der Waals surface area contributed by atoms with Crippen molar-refractivity contribution in [2.75, 3.05) is 0 Å². The van der Waals surface area contributed by atoms with Gasteiger partial charge in [-0.25, -0.2) is 0 Å². The summed E-state index contributed by atoms with van der Waals surface area (Å²) in [6, 6.07) is 0. The zero-order chi connectivity index (χ0) is 6.85. The van der Waals surface area contributed by atoms with Crippen molar-refractivity contribution in [3.05, 3.63) is 18.4 Å². The Morgan fingerprint density at radius 2 is 2.22 bits per heavy atom. The van der Waals surface area contributed by atoms with Gasteiger partial charge in [0.15, 0.2) is 0 Å². The Hall–Kier alpha value is -0.990. The molecule has 0 unspecified atom stereocenters. The van der Waals surface area contributed by atoms with Crippen LogP contribution in [0.15, 0.2) is 4.52 Å². The molecule has 1 radical (unpaired) electrons. The van der Waals surface area contributed by atoms with E-state index in [1.807, 2.05) is 13.8 Å². The molecule has 0 aliphatic heterocycles. The van der Waals surface area contributed by atoms with Crippen molar-refractivity contribution in [3.8, 4) is 5.88 Å². The van der Waals surface area contributed by atoms with Crippen molar-refractivity contribution < 1.29 is 9.26 Å². The molecule has 1 aromatic rings. The lowest BCUT2D eigenvalue weighted by molar-refractivity contribution is 0.352. The molecule has 0 fully saturated rings. The summed E-state index contributed by atoms with van der Waals surface area (Å²) in [4.78, 5) is 0. The maximum Gasteiger partial charge on any atom is 0.257 e. The molecule has 0 aliphatic carbocycles. The van der Waals surface area contributed by atoms with Gasteiger partial charge in [0.05, 0.1) is 5.56 Å². The fraction of sp³-hybridized carbons (Fsp3) is 0.333. The molecule has 0 spiro atoms. The highest BCUT2D eigenvalue weighted by Crippen LogP contribution is 2.17. The lowest BCUT2D eigenvalue weighted by Crippen LogP contribution is -1.80. The first-order valence-electron chi connectivity index (χ1n) is 2.60. The highest BCUT2D eigenvalue weighted by Gasteiger charge is 2.05. The van der Waals surface area contributed by atoms with Crippen molar-refractivity contribution in [3.63, 3.8) is 0 Å². The summed E-state index contributed by atoms with van der Waals surface area (Å²) in [5.41, 5.74) is 0.907. The third-order valence-electron chi connectivity index (χ3n) is 1.25. The second kappa shape index (κ2) is 2.09. The first-order chi connectivity index (χ1) is 4.25. The van der Waals surface area contributed by atoms with Crippen molar-refractivity contribution in [1.82, 2.24) is 5.16 Å². The van der Waals surface area contributed by atoms with Crippen LogP contribution >= 0.6 is 0 Å². The largest absolute Gasteiger partial charge is 0.472 e. The van der Waals surface area contributed by atoms with Gasteiger partial charge in [0.25, 0.3) is 5.88 Å². The topological polar surface area (TPSA) is 35.3 Å². The third kappa shape index (κ3) is 0.896. The quantitative estimate of drug-likeness (QED) is 0.571. The van der Waals surface area contributed by atoms with Gasteiger partial charge >= 0.3 is 0 Å².